The van der Waals surface area contributed by atoms with Crippen LogP contribution in [0.15, 0.2) is 42.2 Å². The molecule has 0 saturated heterocycles. The van der Waals surface area contributed by atoms with Crippen LogP contribution in [0, 0.1) is 28.6 Å². The number of aromatic nitrogens is 1. The van der Waals surface area contributed by atoms with Crippen molar-refractivity contribution in [3.63, 3.8) is 0 Å². The predicted molar refractivity (Wildman–Crippen MR) is 105 cm³/mol. The first-order valence-electron chi connectivity index (χ1n) is 10.9. The fourth-order valence-corrected chi connectivity index (χ4v) is 7.10. The highest BCUT2D eigenvalue weighted by Gasteiger charge is 2.56. The lowest BCUT2D eigenvalue weighted by Gasteiger charge is -2.57. The summed E-state index contributed by atoms with van der Waals surface area (Å²) in [4.78, 5) is 4.32. The first-order valence-corrected chi connectivity index (χ1v) is 10.4. The Morgan fingerprint density at radius 3 is 2.81 bits per heavy atom. The van der Waals surface area contributed by atoms with Crippen molar-refractivity contribution in [2.24, 2.45) is 28.6 Å². The van der Waals surface area contributed by atoms with Crippen LogP contribution in [0.2, 0.25) is 0 Å². The molecule has 1 aromatic rings. The minimum absolute atomic E-state index is 0.129. The monoisotopic (exact) mass is 350 g/mol. The second-order valence-electron chi connectivity index (χ2n) is 9.62. The Balaban J connectivity index is 1.49. The van der Waals surface area contributed by atoms with Gasteiger partial charge in [-0.25, -0.2) is 0 Å². The molecular formula is C24H31NO. The molecule has 0 spiro atoms. The molecule has 0 aliphatic heterocycles. The van der Waals surface area contributed by atoms with Crippen LogP contribution >= 0.6 is 0 Å². The van der Waals surface area contributed by atoms with Gasteiger partial charge in [0.25, 0.3) is 0 Å². The number of nitrogens with zero attached hydrogens (tertiary/aromatic N) is 1. The van der Waals surface area contributed by atoms with E-state index >= 15 is 0 Å². The standard InChI is InChI=1S/C24H31NO/c1-23-11-9-18(26)14-17(23)5-6-19-21-8-7-20(16-4-3-13-25-15-16)24(21,2)12-10-22(19)23/h3-5,7,13,15,18-19,21-22,26H,6,8-12,14H2,1-2H3/t18-,19?,21?,22?,23-,24+/m0/s1/i4D. The van der Waals surface area contributed by atoms with Gasteiger partial charge in [-0.1, -0.05) is 37.6 Å². The van der Waals surface area contributed by atoms with Crippen LogP contribution in [0.1, 0.15) is 65.7 Å². The van der Waals surface area contributed by atoms with Gasteiger partial charge in [-0.2, -0.15) is 0 Å². The first-order chi connectivity index (χ1) is 12.9. The molecule has 5 rings (SSSR count). The smallest absolute Gasteiger partial charge is 0.0630 e. The highest BCUT2D eigenvalue weighted by Crippen LogP contribution is 2.66. The Labute approximate surface area is 158 Å². The SMILES string of the molecule is [2H]c1ccncc1C1=CCC2C3CC=C4C[C@@H](O)CC[C@]4(C)C3CC[C@]12C. The zero-order valence-corrected chi connectivity index (χ0v) is 16.0. The van der Waals surface area contributed by atoms with Crippen molar-refractivity contribution in [1.82, 2.24) is 4.98 Å². The fourth-order valence-electron chi connectivity index (χ4n) is 7.10. The van der Waals surface area contributed by atoms with E-state index in [4.69, 9.17) is 1.37 Å². The molecule has 0 aromatic carbocycles. The van der Waals surface area contributed by atoms with E-state index in [1.165, 1.54) is 30.4 Å². The first kappa shape index (κ1) is 15.6. The third kappa shape index (κ3) is 2.24. The highest BCUT2D eigenvalue weighted by atomic mass is 16.3. The zero-order chi connectivity index (χ0) is 18.8. The Kier molecular flexibility index (Phi) is 3.48. The molecule has 1 heterocycles. The van der Waals surface area contributed by atoms with Gasteiger partial charge in [0.05, 0.1) is 7.47 Å². The molecule has 0 bridgehead atoms. The summed E-state index contributed by atoms with van der Waals surface area (Å²) in [5.74, 6) is 2.15. The lowest BCUT2D eigenvalue weighted by Crippen LogP contribution is -2.49. The minimum Gasteiger partial charge on any atom is -0.393 e. The second-order valence-corrected chi connectivity index (χ2v) is 9.62. The highest BCUT2D eigenvalue weighted by molar-refractivity contribution is 5.72. The van der Waals surface area contributed by atoms with E-state index in [-0.39, 0.29) is 11.5 Å². The number of hydrogen-bond donors (Lipinski definition) is 1. The Morgan fingerprint density at radius 1 is 1.12 bits per heavy atom. The average Bonchev–Trinajstić information content (AvgIpc) is 3.00. The van der Waals surface area contributed by atoms with Crippen molar-refractivity contribution >= 4 is 5.57 Å². The molecule has 6 atom stereocenters. The lowest BCUT2D eigenvalue weighted by atomic mass is 9.47. The number of aliphatic hydroxyl groups is 1. The molecule has 2 nitrogen and oxygen atoms in total. The minimum atomic E-state index is -0.129. The van der Waals surface area contributed by atoms with Crippen molar-refractivity contribution in [2.75, 3.05) is 0 Å². The van der Waals surface area contributed by atoms with Crippen molar-refractivity contribution in [1.29, 1.82) is 0 Å². The summed E-state index contributed by atoms with van der Waals surface area (Å²) < 4.78 is 8.37. The van der Waals surface area contributed by atoms with Crippen LogP contribution in [0.4, 0.5) is 0 Å². The molecule has 26 heavy (non-hydrogen) atoms. The Morgan fingerprint density at radius 2 is 1.96 bits per heavy atom. The van der Waals surface area contributed by atoms with E-state index < -0.39 is 0 Å². The van der Waals surface area contributed by atoms with Gasteiger partial charge in [0.15, 0.2) is 0 Å². The van der Waals surface area contributed by atoms with E-state index in [0.717, 1.165) is 43.1 Å². The average molecular weight is 351 g/mol. The van der Waals surface area contributed by atoms with Crippen LogP contribution in [-0.4, -0.2) is 16.2 Å². The topological polar surface area (TPSA) is 33.1 Å². The maximum atomic E-state index is 10.2. The fraction of sp³-hybridized carbons (Fsp3) is 0.625. The number of fused-ring (bicyclic) bond motifs is 5. The van der Waals surface area contributed by atoms with Crippen LogP contribution in [0.3, 0.4) is 0 Å². The third-order valence-corrected chi connectivity index (χ3v) is 8.55. The van der Waals surface area contributed by atoms with Crippen molar-refractivity contribution in [2.45, 2.75) is 64.9 Å². The predicted octanol–water partition coefficient (Wildman–Crippen LogP) is 5.40. The molecule has 4 aliphatic rings. The molecule has 0 radical (unpaired) electrons. The zero-order valence-electron chi connectivity index (χ0n) is 17.0. The maximum absolute atomic E-state index is 10.2. The Bertz CT molecular complexity index is 829. The lowest BCUT2D eigenvalue weighted by molar-refractivity contribution is -0.0238. The molecule has 4 aliphatic carbocycles. The van der Waals surface area contributed by atoms with Gasteiger partial charge in [-0.05, 0) is 90.7 Å². The number of hydrogen-bond acceptors (Lipinski definition) is 2. The molecular weight excluding hydrogens is 318 g/mol. The van der Waals surface area contributed by atoms with Gasteiger partial charge in [-0.15, -0.1) is 0 Å². The van der Waals surface area contributed by atoms with Crippen LogP contribution in [0.5, 0.6) is 0 Å². The quantitative estimate of drug-likeness (QED) is 0.688. The summed E-state index contributed by atoms with van der Waals surface area (Å²) in [6.45, 7) is 4.93. The van der Waals surface area contributed by atoms with Gasteiger partial charge in [-0.3, -0.25) is 4.98 Å². The molecule has 3 unspecified atom stereocenters. The van der Waals surface area contributed by atoms with E-state index in [0.29, 0.717) is 17.4 Å². The van der Waals surface area contributed by atoms with Gasteiger partial charge >= 0.3 is 0 Å². The number of pyridine rings is 1. The molecule has 1 N–H and O–H groups in total. The maximum Gasteiger partial charge on any atom is 0.0630 e. The molecule has 0 amide bonds. The van der Waals surface area contributed by atoms with E-state index in [1.807, 2.05) is 12.3 Å². The van der Waals surface area contributed by atoms with Gasteiger partial charge in [0, 0.05) is 12.4 Å². The van der Waals surface area contributed by atoms with Crippen LogP contribution < -0.4 is 0 Å². The second kappa shape index (κ2) is 5.79. The van der Waals surface area contributed by atoms with Crippen molar-refractivity contribution < 1.29 is 6.48 Å². The van der Waals surface area contributed by atoms with Crippen molar-refractivity contribution in [3.8, 4) is 0 Å². The summed E-state index contributed by atoms with van der Waals surface area (Å²) in [5, 5.41) is 10.2. The summed E-state index contributed by atoms with van der Waals surface area (Å²) in [6, 6.07) is 2.43. The summed E-state index contributed by atoms with van der Waals surface area (Å²) in [6.07, 6.45) is 16.2. The van der Waals surface area contributed by atoms with Gasteiger partial charge in [0.2, 0.25) is 0 Å². The van der Waals surface area contributed by atoms with Gasteiger partial charge < -0.3 is 5.11 Å². The van der Waals surface area contributed by atoms with E-state index in [2.05, 4.69) is 31.0 Å². The largest absolute Gasteiger partial charge is 0.393 e. The van der Waals surface area contributed by atoms with Crippen LogP contribution in [-0.2, 0) is 0 Å². The molecule has 1 aromatic heterocycles. The molecule has 2 fully saturated rings. The van der Waals surface area contributed by atoms with Crippen LogP contribution in [0.25, 0.3) is 5.57 Å². The van der Waals surface area contributed by atoms with E-state index in [9.17, 15) is 5.11 Å². The number of allylic oxidation sites excluding steroid dienone is 3. The molecule has 2 heteroatoms. The number of rotatable bonds is 1. The van der Waals surface area contributed by atoms with Crippen molar-refractivity contribution in [3.05, 3.63) is 47.8 Å². The summed E-state index contributed by atoms with van der Waals surface area (Å²) in [7, 11) is 0. The van der Waals surface area contributed by atoms with E-state index in [1.54, 1.807) is 6.20 Å². The summed E-state index contributed by atoms with van der Waals surface area (Å²) in [5.41, 5.74) is 4.43. The summed E-state index contributed by atoms with van der Waals surface area (Å²) >= 11 is 0. The Hall–Kier alpha value is -1.41. The molecule has 138 valence electrons. The normalized spacial score (nSPS) is 45.0. The molecule has 2 saturated carbocycles. The van der Waals surface area contributed by atoms with Gasteiger partial charge in [0.1, 0.15) is 0 Å². The third-order valence-electron chi connectivity index (χ3n) is 8.55. The number of aliphatic hydroxyl groups excluding tert-OH is 1.